The number of aliphatic imine (C=N–C) groups is 1. The van der Waals surface area contributed by atoms with Crippen LogP contribution in [0.5, 0.6) is 5.75 Å². The molecule has 0 unspecified atom stereocenters. The number of nitrogens with zero attached hydrogens (tertiary/aromatic N) is 3. The second-order valence-electron chi connectivity index (χ2n) is 5.69. The van der Waals surface area contributed by atoms with Crippen molar-refractivity contribution in [2.75, 3.05) is 0 Å². The predicted molar refractivity (Wildman–Crippen MR) is 84.9 cm³/mol. The number of benzene rings is 1. The Bertz CT molecular complexity index is 599. The van der Waals surface area contributed by atoms with Crippen LogP contribution in [0.15, 0.2) is 41.7 Å². The highest BCUT2D eigenvalue weighted by Gasteiger charge is 2.17. The summed E-state index contributed by atoms with van der Waals surface area (Å²) >= 11 is 0. The van der Waals surface area contributed by atoms with Crippen LogP contribution >= 0.6 is 0 Å². The lowest BCUT2D eigenvalue weighted by Gasteiger charge is -2.21. The van der Waals surface area contributed by atoms with Crippen LogP contribution < -0.4 is 4.43 Å². The summed E-state index contributed by atoms with van der Waals surface area (Å²) in [4.78, 5) is 8.68. The van der Waals surface area contributed by atoms with E-state index in [1.807, 2.05) is 36.0 Å². The summed E-state index contributed by atoms with van der Waals surface area (Å²) in [5.41, 5.74) is 1.11. The fourth-order valence-corrected chi connectivity index (χ4v) is 2.65. The van der Waals surface area contributed by atoms with Crippen LogP contribution in [-0.2, 0) is 13.6 Å². The predicted octanol–water partition coefficient (Wildman–Crippen LogP) is 3.25. The van der Waals surface area contributed by atoms with Crippen molar-refractivity contribution in [1.82, 2.24) is 9.55 Å². The first-order chi connectivity index (χ1) is 9.46. The molecule has 4 nitrogen and oxygen atoms in total. The Morgan fingerprint density at radius 2 is 2.05 bits per heavy atom. The van der Waals surface area contributed by atoms with Crippen LogP contribution in [0.25, 0.3) is 0 Å². The summed E-state index contributed by atoms with van der Waals surface area (Å²) in [5, 5.41) is 0. The van der Waals surface area contributed by atoms with Gasteiger partial charge in [0.1, 0.15) is 11.6 Å². The van der Waals surface area contributed by atoms with Gasteiger partial charge in [0.2, 0.25) is 8.32 Å². The zero-order valence-electron chi connectivity index (χ0n) is 12.5. The fraction of sp³-hybridized carbons (Fsp3) is 0.333. The van der Waals surface area contributed by atoms with Crippen molar-refractivity contribution in [3.63, 3.8) is 0 Å². The van der Waals surface area contributed by atoms with Crippen molar-refractivity contribution in [1.29, 1.82) is 0 Å². The molecule has 1 aromatic heterocycles. The van der Waals surface area contributed by atoms with Crippen molar-refractivity contribution >= 4 is 14.5 Å². The van der Waals surface area contributed by atoms with E-state index < -0.39 is 8.32 Å². The van der Waals surface area contributed by atoms with E-state index in [0.717, 1.165) is 17.1 Å². The molecule has 0 N–H and O–H groups in total. The quantitative estimate of drug-likeness (QED) is 0.625. The normalized spacial score (nSPS) is 12.0. The van der Waals surface area contributed by atoms with Gasteiger partial charge in [-0.1, -0.05) is 18.2 Å². The smallest absolute Gasteiger partial charge is 0.242 e. The van der Waals surface area contributed by atoms with Gasteiger partial charge in [-0.05, 0) is 25.7 Å². The maximum atomic E-state index is 6.09. The Hall–Kier alpha value is -1.88. The highest BCUT2D eigenvalue weighted by Crippen LogP contribution is 2.22. The van der Waals surface area contributed by atoms with E-state index in [4.69, 9.17) is 4.43 Å². The maximum absolute atomic E-state index is 6.09. The van der Waals surface area contributed by atoms with E-state index in [0.29, 0.717) is 6.54 Å². The minimum atomic E-state index is -1.60. The average Bonchev–Trinajstić information content (AvgIpc) is 2.75. The molecule has 0 saturated heterocycles. The minimum absolute atomic E-state index is 0.605. The van der Waals surface area contributed by atoms with Gasteiger partial charge in [-0.3, -0.25) is 4.99 Å². The van der Waals surface area contributed by atoms with Crippen LogP contribution in [-0.4, -0.2) is 24.1 Å². The lowest BCUT2D eigenvalue weighted by Crippen LogP contribution is -2.29. The lowest BCUT2D eigenvalue weighted by atomic mass is 10.2. The Balaban J connectivity index is 2.10. The molecule has 1 aromatic carbocycles. The molecule has 1 heterocycles. The molecule has 0 radical (unpaired) electrons. The summed E-state index contributed by atoms with van der Waals surface area (Å²) in [6.07, 6.45) is 5.47. The summed E-state index contributed by atoms with van der Waals surface area (Å²) in [7, 11) is 0.356. The van der Waals surface area contributed by atoms with Gasteiger partial charge in [-0.25, -0.2) is 4.98 Å². The SMILES string of the molecule is Cn1ccnc1/C=N\Cc1ccccc1O[Si](C)(C)C. The average molecular weight is 287 g/mol. The largest absolute Gasteiger partial charge is 0.544 e. The van der Waals surface area contributed by atoms with Gasteiger partial charge < -0.3 is 8.99 Å². The maximum Gasteiger partial charge on any atom is 0.242 e. The molecule has 0 fully saturated rings. The molecule has 0 aliphatic carbocycles. The molecule has 20 heavy (non-hydrogen) atoms. The first-order valence-corrected chi connectivity index (χ1v) is 10.1. The highest BCUT2D eigenvalue weighted by molar-refractivity contribution is 6.70. The van der Waals surface area contributed by atoms with E-state index in [1.165, 1.54) is 0 Å². The first-order valence-electron chi connectivity index (χ1n) is 6.70. The van der Waals surface area contributed by atoms with Gasteiger partial charge in [-0.2, -0.15) is 0 Å². The number of imidazole rings is 1. The summed E-state index contributed by atoms with van der Waals surface area (Å²) in [5.74, 6) is 1.80. The lowest BCUT2D eigenvalue weighted by molar-refractivity contribution is 0.549. The third-order valence-corrected chi connectivity index (χ3v) is 3.55. The van der Waals surface area contributed by atoms with Crippen molar-refractivity contribution in [2.45, 2.75) is 26.2 Å². The topological polar surface area (TPSA) is 39.4 Å². The second kappa shape index (κ2) is 6.05. The number of aromatic nitrogens is 2. The molecule has 2 rings (SSSR count). The molecule has 0 aliphatic rings. The van der Waals surface area contributed by atoms with Gasteiger partial charge in [0.25, 0.3) is 0 Å². The number of aryl methyl sites for hydroxylation is 1. The molecule has 0 atom stereocenters. The minimum Gasteiger partial charge on any atom is -0.544 e. The zero-order valence-corrected chi connectivity index (χ0v) is 13.5. The number of rotatable bonds is 5. The van der Waals surface area contributed by atoms with E-state index >= 15 is 0 Å². The van der Waals surface area contributed by atoms with Gasteiger partial charge in [-0.15, -0.1) is 0 Å². The van der Waals surface area contributed by atoms with Crippen molar-refractivity contribution in [3.05, 3.63) is 48.0 Å². The molecule has 2 aromatic rings. The molecule has 0 spiro atoms. The molecule has 5 heteroatoms. The van der Waals surface area contributed by atoms with Crippen LogP contribution in [0.3, 0.4) is 0 Å². The van der Waals surface area contributed by atoms with Crippen LogP contribution in [0.4, 0.5) is 0 Å². The van der Waals surface area contributed by atoms with Gasteiger partial charge in [0.15, 0.2) is 0 Å². The van der Waals surface area contributed by atoms with Crippen molar-refractivity contribution in [2.24, 2.45) is 12.0 Å². The highest BCUT2D eigenvalue weighted by atomic mass is 28.4. The van der Waals surface area contributed by atoms with Crippen molar-refractivity contribution < 1.29 is 4.43 Å². The van der Waals surface area contributed by atoms with Crippen LogP contribution in [0.2, 0.25) is 19.6 Å². The zero-order chi connectivity index (χ0) is 14.6. The van der Waals surface area contributed by atoms with Gasteiger partial charge in [0, 0.05) is 25.0 Å². The standard InChI is InChI=1S/C15H21N3OSi/c1-18-10-9-17-15(18)12-16-11-13-7-5-6-8-14(13)19-20(2,3)4/h5-10,12H,11H2,1-4H3/b16-12-. The third kappa shape index (κ3) is 4.06. The van der Waals surface area contributed by atoms with Gasteiger partial charge >= 0.3 is 0 Å². The second-order valence-corrected chi connectivity index (χ2v) is 10.1. The monoisotopic (exact) mass is 287 g/mol. The Morgan fingerprint density at radius 3 is 2.70 bits per heavy atom. The fourth-order valence-electron chi connectivity index (χ4n) is 1.79. The van der Waals surface area contributed by atoms with Crippen molar-refractivity contribution in [3.8, 4) is 5.75 Å². The van der Waals surface area contributed by atoms with E-state index in [1.54, 1.807) is 12.4 Å². The van der Waals surface area contributed by atoms with Crippen LogP contribution in [0, 0.1) is 0 Å². The molecule has 0 saturated carbocycles. The molecular formula is C15H21N3OSi. The molecule has 0 aliphatic heterocycles. The Labute approximate surface area is 121 Å². The summed E-state index contributed by atoms with van der Waals surface area (Å²) in [6, 6.07) is 8.10. The molecule has 0 amide bonds. The van der Waals surface area contributed by atoms with Gasteiger partial charge in [0.05, 0.1) is 12.8 Å². The van der Waals surface area contributed by atoms with E-state index in [2.05, 4.69) is 35.7 Å². The first kappa shape index (κ1) is 14.5. The summed E-state index contributed by atoms with van der Waals surface area (Å²) < 4.78 is 8.03. The van der Waals surface area contributed by atoms with E-state index in [-0.39, 0.29) is 0 Å². The molecular weight excluding hydrogens is 266 g/mol. The molecule has 0 bridgehead atoms. The van der Waals surface area contributed by atoms with E-state index in [9.17, 15) is 0 Å². The number of hydrogen-bond acceptors (Lipinski definition) is 3. The number of hydrogen-bond donors (Lipinski definition) is 0. The Morgan fingerprint density at radius 1 is 1.30 bits per heavy atom. The Kier molecular flexibility index (Phi) is 4.39. The number of para-hydroxylation sites is 1. The summed E-state index contributed by atoms with van der Waals surface area (Å²) in [6.45, 7) is 7.15. The van der Waals surface area contributed by atoms with Crippen LogP contribution in [0.1, 0.15) is 11.4 Å². The third-order valence-electron chi connectivity index (χ3n) is 2.72. The molecule has 106 valence electrons.